The van der Waals surface area contributed by atoms with Crippen LogP contribution in [0.4, 0.5) is 0 Å². The molecular weight excluding hydrogens is 560 g/mol. The van der Waals surface area contributed by atoms with E-state index in [2.05, 4.69) is 0 Å². The molecule has 0 spiro atoms. The highest BCUT2D eigenvalue weighted by atomic mass is 35.5. The van der Waals surface area contributed by atoms with Gasteiger partial charge in [-0.15, -0.1) is 0 Å². The van der Waals surface area contributed by atoms with Crippen LogP contribution in [0.2, 0.25) is 5.02 Å². The summed E-state index contributed by atoms with van der Waals surface area (Å²) < 4.78 is 10.6. The van der Waals surface area contributed by atoms with Crippen LogP contribution in [0.15, 0.2) is 72.8 Å². The van der Waals surface area contributed by atoms with Crippen molar-refractivity contribution in [1.82, 2.24) is 10.0 Å². The molecular formula is C32H27ClN2O7. The number of amides is 3. The Kier molecular flexibility index (Phi) is 7.28. The zero-order valence-electron chi connectivity index (χ0n) is 22.7. The fourth-order valence-electron chi connectivity index (χ4n) is 6.46. The summed E-state index contributed by atoms with van der Waals surface area (Å²) in [5, 5.41) is 2.28. The largest absolute Gasteiger partial charge is 0.497 e. The van der Waals surface area contributed by atoms with E-state index in [1.165, 1.54) is 55.6 Å². The number of ketones is 1. The number of halogens is 1. The molecule has 4 atom stereocenters. The van der Waals surface area contributed by atoms with Gasteiger partial charge in [-0.3, -0.25) is 19.2 Å². The Morgan fingerprint density at radius 2 is 1.45 bits per heavy atom. The Hall–Kier alpha value is -4.50. The second-order valence-electron chi connectivity index (χ2n) is 10.8. The van der Waals surface area contributed by atoms with Crippen LogP contribution in [0, 0.1) is 23.7 Å². The lowest BCUT2D eigenvalue weighted by atomic mass is 9.81. The summed E-state index contributed by atoms with van der Waals surface area (Å²) in [6.07, 6.45) is 2.62. The predicted molar refractivity (Wildman–Crippen MR) is 151 cm³/mol. The average Bonchev–Trinajstić information content (AvgIpc) is 3.70. The van der Waals surface area contributed by atoms with Crippen molar-refractivity contribution in [1.29, 1.82) is 0 Å². The van der Waals surface area contributed by atoms with E-state index in [4.69, 9.17) is 21.1 Å². The number of fused-ring (bicyclic) bond motifs is 5. The predicted octanol–water partition coefficient (Wildman–Crippen LogP) is 4.84. The summed E-state index contributed by atoms with van der Waals surface area (Å²) in [6.45, 7) is -0.531. The fraction of sp³-hybridized carbons (Fsp3) is 0.281. The molecule has 3 aromatic rings. The Balaban J connectivity index is 1.22. The van der Waals surface area contributed by atoms with E-state index < -0.39 is 47.9 Å². The first-order valence-electron chi connectivity index (χ1n) is 13.7. The van der Waals surface area contributed by atoms with Crippen LogP contribution in [0.3, 0.4) is 0 Å². The molecule has 0 radical (unpaired) electrons. The number of hydrogen-bond acceptors (Lipinski definition) is 7. The van der Waals surface area contributed by atoms with Gasteiger partial charge in [0.25, 0.3) is 17.7 Å². The highest BCUT2D eigenvalue weighted by Crippen LogP contribution is 2.56. The highest BCUT2D eigenvalue weighted by molar-refractivity contribution is 6.30. The molecule has 10 heteroatoms. The number of methoxy groups -OCH3 is 1. The van der Waals surface area contributed by atoms with Gasteiger partial charge in [0.1, 0.15) is 18.0 Å². The van der Waals surface area contributed by atoms with Crippen molar-refractivity contribution in [3.8, 4) is 11.5 Å². The van der Waals surface area contributed by atoms with Gasteiger partial charge in [0.2, 0.25) is 0 Å². The lowest BCUT2D eigenvalue weighted by molar-refractivity contribution is -0.155. The third-order valence-electron chi connectivity index (χ3n) is 8.46. The van der Waals surface area contributed by atoms with Crippen molar-refractivity contribution in [3.05, 3.63) is 94.5 Å². The van der Waals surface area contributed by atoms with Gasteiger partial charge in [-0.05, 0) is 97.8 Å². The summed E-state index contributed by atoms with van der Waals surface area (Å²) in [6, 6.07) is 18.4. The maximum Gasteiger partial charge on any atom is 0.343 e. The van der Waals surface area contributed by atoms with Gasteiger partial charge in [0.15, 0.2) is 5.78 Å². The number of rotatable bonds is 8. The summed E-state index contributed by atoms with van der Waals surface area (Å²) in [7, 11) is 1.50. The maximum atomic E-state index is 13.7. The van der Waals surface area contributed by atoms with E-state index in [-0.39, 0.29) is 28.7 Å². The molecule has 9 nitrogen and oxygen atoms in total. The molecule has 0 N–H and O–H groups in total. The van der Waals surface area contributed by atoms with Gasteiger partial charge in [-0.25, -0.2) is 9.80 Å². The first-order valence-corrected chi connectivity index (χ1v) is 14.1. The molecule has 6 rings (SSSR count). The van der Waals surface area contributed by atoms with Gasteiger partial charge in [-0.2, -0.15) is 5.01 Å². The van der Waals surface area contributed by atoms with Crippen LogP contribution in [0.5, 0.6) is 11.5 Å². The Morgan fingerprint density at radius 1 is 0.833 bits per heavy atom. The zero-order valence-corrected chi connectivity index (χ0v) is 23.5. The van der Waals surface area contributed by atoms with Crippen LogP contribution < -0.4 is 9.47 Å². The fourth-order valence-corrected chi connectivity index (χ4v) is 6.58. The van der Waals surface area contributed by atoms with Gasteiger partial charge in [-0.1, -0.05) is 17.7 Å². The molecule has 3 fully saturated rings. The van der Waals surface area contributed by atoms with Crippen LogP contribution >= 0.6 is 11.6 Å². The van der Waals surface area contributed by atoms with E-state index in [9.17, 15) is 24.0 Å². The first kappa shape index (κ1) is 27.7. The number of carbonyl (C=O) groups excluding carboxylic acids is 5. The molecule has 42 heavy (non-hydrogen) atoms. The number of benzene rings is 3. The van der Waals surface area contributed by atoms with Crippen LogP contribution in [-0.2, 0) is 9.59 Å². The van der Waals surface area contributed by atoms with Crippen molar-refractivity contribution in [2.75, 3.05) is 13.7 Å². The molecule has 0 aromatic heterocycles. The monoisotopic (exact) mass is 586 g/mol. The van der Waals surface area contributed by atoms with E-state index in [1.54, 1.807) is 24.3 Å². The molecule has 2 bridgehead atoms. The van der Waals surface area contributed by atoms with Crippen molar-refractivity contribution in [3.63, 3.8) is 0 Å². The molecule has 2 saturated carbocycles. The van der Waals surface area contributed by atoms with Crippen LogP contribution in [-0.4, -0.2) is 53.1 Å². The third kappa shape index (κ3) is 4.94. The lowest BCUT2D eigenvalue weighted by Crippen LogP contribution is -2.52. The zero-order chi connectivity index (χ0) is 29.5. The minimum absolute atomic E-state index is 0.122. The molecule has 1 heterocycles. The normalized spacial score (nSPS) is 22.2. The molecule has 3 amide bonds. The van der Waals surface area contributed by atoms with E-state index in [1.807, 2.05) is 0 Å². The number of esters is 1. The quantitative estimate of drug-likeness (QED) is 0.161. The molecule has 3 aromatic carbocycles. The van der Waals surface area contributed by atoms with Gasteiger partial charge >= 0.3 is 5.97 Å². The van der Waals surface area contributed by atoms with E-state index in [0.717, 1.165) is 29.3 Å². The van der Waals surface area contributed by atoms with Crippen LogP contribution in [0.25, 0.3) is 0 Å². The standard InChI is InChI=1S/C32H27ClN2O7/c1-41-25-4-2-3-22(16-25)32(40)42-24-13-9-18(10-14-24)26(36)17-34(29(37)19-7-11-23(33)12-8-19)35-30(38)27-20-5-6-21(15-20)28(27)31(35)39/h2-4,7-14,16,20-21,27-28H,5-6,15,17H2,1H3/t20-,21-,27+,28+/m0/s1. The van der Waals surface area contributed by atoms with E-state index >= 15 is 0 Å². The second kappa shape index (κ2) is 11.1. The number of ether oxygens (including phenoxy) is 2. The number of hydrazine groups is 1. The number of hydrogen-bond donors (Lipinski definition) is 0. The third-order valence-corrected chi connectivity index (χ3v) is 8.71. The summed E-state index contributed by atoms with van der Waals surface area (Å²) in [4.78, 5) is 66.8. The number of carbonyl (C=O) groups is 5. The smallest absolute Gasteiger partial charge is 0.343 e. The molecule has 3 aliphatic rings. The number of nitrogens with zero attached hydrogens (tertiary/aromatic N) is 2. The first-order chi connectivity index (χ1) is 20.2. The SMILES string of the molecule is COc1cccc(C(=O)Oc2ccc(C(=O)CN(C(=O)c3ccc(Cl)cc3)N3C(=O)[C@@H]4[C@H]5CC[C@@H](C5)[C@H]4C3=O)cc2)c1. The molecule has 214 valence electrons. The molecule has 2 aliphatic carbocycles. The molecule has 1 saturated heterocycles. The van der Waals surface area contributed by atoms with Gasteiger partial charge < -0.3 is 9.47 Å². The minimum Gasteiger partial charge on any atom is -0.497 e. The van der Waals surface area contributed by atoms with Gasteiger partial charge in [0, 0.05) is 16.1 Å². The lowest BCUT2D eigenvalue weighted by Gasteiger charge is -2.30. The molecule has 0 unspecified atom stereocenters. The maximum absolute atomic E-state index is 13.7. The van der Waals surface area contributed by atoms with E-state index in [0.29, 0.717) is 16.3 Å². The Labute approximate surface area is 246 Å². The summed E-state index contributed by atoms with van der Waals surface area (Å²) in [5.41, 5.74) is 0.695. The second-order valence-corrected chi connectivity index (χ2v) is 11.2. The number of Topliss-reactive ketones (excluding diaryl/α,β-unsaturated/α-hetero) is 1. The Morgan fingerprint density at radius 3 is 2.07 bits per heavy atom. The topological polar surface area (TPSA) is 110 Å². The van der Waals surface area contributed by atoms with Gasteiger partial charge in [0.05, 0.1) is 24.5 Å². The number of imide groups is 1. The summed E-state index contributed by atoms with van der Waals surface area (Å²) in [5.74, 6) is -2.54. The molecule has 1 aliphatic heterocycles. The minimum atomic E-state index is -0.655. The Bertz CT molecular complexity index is 1560. The van der Waals surface area contributed by atoms with Crippen LogP contribution in [0.1, 0.15) is 50.3 Å². The highest BCUT2D eigenvalue weighted by Gasteiger charge is 2.62. The summed E-state index contributed by atoms with van der Waals surface area (Å²) >= 11 is 6.00. The van der Waals surface area contributed by atoms with Crippen molar-refractivity contribution < 1.29 is 33.4 Å². The van der Waals surface area contributed by atoms with Crippen molar-refractivity contribution >= 4 is 41.1 Å². The average molecular weight is 587 g/mol. The van der Waals surface area contributed by atoms with Crippen molar-refractivity contribution in [2.45, 2.75) is 19.3 Å². The van der Waals surface area contributed by atoms with Crippen molar-refractivity contribution in [2.24, 2.45) is 23.7 Å².